The Kier molecular flexibility index (Phi) is 3.53. The van der Waals surface area contributed by atoms with E-state index in [1.807, 2.05) is 31.2 Å². The summed E-state index contributed by atoms with van der Waals surface area (Å²) in [6.07, 6.45) is 5.43. The van der Waals surface area contributed by atoms with Crippen LogP contribution in [0.5, 0.6) is 0 Å². The first-order chi connectivity index (χ1) is 8.61. The van der Waals surface area contributed by atoms with Crippen LogP contribution in [0.3, 0.4) is 0 Å². The van der Waals surface area contributed by atoms with Crippen molar-refractivity contribution < 1.29 is 9.59 Å². The van der Waals surface area contributed by atoms with Crippen LogP contribution in [0.1, 0.15) is 18.1 Å². The largest absolute Gasteiger partial charge is 0.398 e. The summed E-state index contributed by atoms with van der Waals surface area (Å²) >= 11 is 0.898. The van der Waals surface area contributed by atoms with E-state index in [0.29, 0.717) is 10.6 Å². The minimum absolute atomic E-state index is 0.345. The third kappa shape index (κ3) is 2.46. The number of nitrogen functional groups attached to an aromatic ring is 1. The molecule has 0 atom stereocenters. The van der Waals surface area contributed by atoms with Gasteiger partial charge in [-0.1, -0.05) is 24.3 Å². The highest BCUT2D eigenvalue weighted by Gasteiger charge is 2.25. The number of carbonyl (C=O) groups is 2. The second-order valence-corrected chi connectivity index (χ2v) is 4.72. The fraction of sp³-hybridized carbons (Fsp3) is 0.0769. The van der Waals surface area contributed by atoms with Gasteiger partial charge in [-0.05, 0) is 36.4 Å². The second kappa shape index (κ2) is 5.10. The minimum Gasteiger partial charge on any atom is -0.398 e. The number of hydrogen-bond donors (Lipinski definition) is 2. The number of rotatable bonds is 2. The van der Waals surface area contributed by atoms with Gasteiger partial charge in [0.2, 0.25) is 0 Å². The summed E-state index contributed by atoms with van der Waals surface area (Å²) in [5, 5.41) is 1.88. The van der Waals surface area contributed by atoms with Crippen molar-refractivity contribution in [3.63, 3.8) is 0 Å². The maximum atomic E-state index is 11.5. The van der Waals surface area contributed by atoms with Crippen molar-refractivity contribution in [2.75, 3.05) is 5.73 Å². The Morgan fingerprint density at radius 1 is 1.33 bits per heavy atom. The molecule has 1 aromatic carbocycles. The fourth-order valence-corrected chi connectivity index (χ4v) is 2.32. The lowest BCUT2D eigenvalue weighted by atomic mass is 10.0. The van der Waals surface area contributed by atoms with Gasteiger partial charge >= 0.3 is 0 Å². The molecule has 4 nitrogen and oxygen atoms in total. The van der Waals surface area contributed by atoms with Crippen LogP contribution < -0.4 is 11.1 Å². The standard InChI is InChI=1S/C13H12N2O2S/c1-2-4-9-8(5-3-6-10(9)14)7-11-12(16)15-13(17)18-11/h2-7H,14H2,1H3,(H,15,16,17)/b4-2-,11-7-. The fourth-order valence-electron chi connectivity index (χ4n) is 1.65. The lowest BCUT2D eigenvalue weighted by Gasteiger charge is -2.05. The zero-order valence-corrected chi connectivity index (χ0v) is 10.6. The number of nitrogens with two attached hydrogens (primary N) is 1. The van der Waals surface area contributed by atoms with Crippen LogP contribution in [0, 0.1) is 0 Å². The molecule has 0 aromatic heterocycles. The highest BCUT2D eigenvalue weighted by Crippen LogP contribution is 2.28. The highest BCUT2D eigenvalue weighted by atomic mass is 32.2. The number of anilines is 1. The topological polar surface area (TPSA) is 72.2 Å². The average Bonchev–Trinajstić information content (AvgIpc) is 2.62. The molecule has 2 rings (SSSR count). The van der Waals surface area contributed by atoms with Crippen molar-refractivity contribution in [3.05, 3.63) is 40.3 Å². The summed E-state index contributed by atoms with van der Waals surface area (Å²) in [5.74, 6) is -0.362. The summed E-state index contributed by atoms with van der Waals surface area (Å²) < 4.78 is 0. The average molecular weight is 260 g/mol. The zero-order valence-electron chi connectivity index (χ0n) is 9.77. The van der Waals surface area contributed by atoms with E-state index in [-0.39, 0.29) is 11.1 Å². The molecule has 1 aliphatic heterocycles. The quantitative estimate of drug-likeness (QED) is 0.633. The number of allylic oxidation sites excluding steroid dienone is 1. The molecular formula is C13H12N2O2S. The van der Waals surface area contributed by atoms with E-state index in [0.717, 1.165) is 22.9 Å². The zero-order chi connectivity index (χ0) is 13.1. The Hall–Kier alpha value is -2.01. The predicted octanol–water partition coefficient (Wildman–Crippen LogP) is 2.63. The molecule has 0 aliphatic carbocycles. The molecular weight excluding hydrogens is 248 g/mol. The van der Waals surface area contributed by atoms with Crippen molar-refractivity contribution in [3.8, 4) is 0 Å². The molecule has 0 radical (unpaired) electrons. The van der Waals surface area contributed by atoms with Crippen molar-refractivity contribution in [2.45, 2.75) is 6.92 Å². The van der Waals surface area contributed by atoms with Gasteiger partial charge in [-0.3, -0.25) is 14.9 Å². The molecule has 1 heterocycles. The van der Waals surface area contributed by atoms with E-state index >= 15 is 0 Å². The van der Waals surface area contributed by atoms with Gasteiger partial charge in [0.05, 0.1) is 4.91 Å². The Labute approximate surface area is 109 Å². The first kappa shape index (κ1) is 12.4. The molecule has 1 aliphatic rings. The Morgan fingerprint density at radius 3 is 2.72 bits per heavy atom. The summed E-state index contributed by atoms with van der Waals surface area (Å²) in [4.78, 5) is 22.9. The Bertz CT molecular complexity index is 576. The van der Waals surface area contributed by atoms with E-state index in [1.54, 1.807) is 12.1 Å². The van der Waals surface area contributed by atoms with Crippen molar-refractivity contribution in [2.24, 2.45) is 0 Å². The summed E-state index contributed by atoms with van der Waals surface area (Å²) in [5.41, 5.74) is 8.19. The van der Waals surface area contributed by atoms with Crippen LogP contribution >= 0.6 is 11.8 Å². The Morgan fingerprint density at radius 2 is 2.11 bits per heavy atom. The van der Waals surface area contributed by atoms with Crippen LogP contribution in [0.25, 0.3) is 12.2 Å². The van der Waals surface area contributed by atoms with Crippen molar-refractivity contribution in [1.82, 2.24) is 5.32 Å². The normalized spacial score (nSPS) is 17.7. The van der Waals surface area contributed by atoms with E-state index in [9.17, 15) is 9.59 Å². The molecule has 92 valence electrons. The molecule has 18 heavy (non-hydrogen) atoms. The SMILES string of the molecule is C/C=C\c1c(N)cccc1/C=C1\SC(=O)NC1=O. The van der Waals surface area contributed by atoms with Crippen LogP contribution in [-0.4, -0.2) is 11.1 Å². The van der Waals surface area contributed by atoms with Gasteiger partial charge in [0.1, 0.15) is 0 Å². The third-order valence-corrected chi connectivity index (χ3v) is 3.25. The highest BCUT2D eigenvalue weighted by molar-refractivity contribution is 8.18. The first-order valence-corrected chi connectivity index (χ1v) is 6.19. The number of benzene rings is 1. The van der Waals surface area contributed by atoms with E-state index in [4.69, 9.17) is 5.73 Å². The second-order valence-electron chi connectivity index (χ2n) is 3.70. The summed E-state index contributed by atoms with van der Waals surface area (Å²) in [6, 6.07) is 5.47. The molecule has 1 saturated heterocycles. The van der Waals surface area contributed by atoms with Gasteiger partial charge in [-0.2, -0.15) is 0 Å². The monoisotopic (exact) mass is 260 g/mol. The summed E-state index contributed by atoms with van der Waals surface area (Å²) in [6.45, 7) is 1.89. The molecule has 0 spiro atoms. The number of hydrogen-bond acceptors (Lipinski definition) is 4. The first-order valence-electron chi connectivity index (χ1n) is 5.38. The summed E-state index contributed by atoms with van der Waals surface area (Å²) in [7, 11) is 0. The maximum Gasteiger partial charge on any atom is 0.290 e. The van der Waals surface area contributed by atoms with Crippen LogP contribution in [0.15, 0.2) is 29.2 Å². The maximum absolute atomic E-state index is 11.5. The molecule has 1 fully saturated rings. The smallest absolute Gasteiger partial charge is 0.290 e. The number of carbonyl (C=O) groups excluding carboxylic acids is 2. The van der Waals surface area contributed by atoms with Gasteiger partial charge in [-0.15, -0.1) is 0 Å². The van der Waals surface area contributed by atoms with Gasteiger partial charge in [0, 0.05) is 11.3 Å². The number of thioether (sulfide) groups is 1. The lowest BCUT2D eigenvalue weighted by molar-refractivity contribution is -0.115. The molecule has 3 N–H and O–H groups in total. The van der Waals surface area contributed by atoms with Gasteiger partial charge in [0.25, 0.3) is 11.1 Å². The number of nitrogens with one attached hydrogen (secondary N) is 1. The van der Waals surface area contributed by atoms with Crippen molar-refractivity contribution in [1.29, 1.82) is 0 Å². The lowest BCUT2D eigenvalue weighted by Crippen LogP contribution is -2.17. The number of imide groups is 1. The molecule has 0 saturated carbocycles. The molecule has 0 unspecified atom stereocenters. The number of amides is 2. The van der Waals surface area contributed by atoms with E-state index < -0.39 is 0 Å². The third-order valence-electron chi connectivity index (χ3n) is 2.44. The van der Waals surface area contributed by atoms with Crippen molar-refractivity contribution >= 4 is 40.7 Å². The van der Waals surface area contributed by atoms with Gasteiger partial charge in [0.15, 0.2) is 0 Å². The van der Waals surface area contributed by atoms with Gasteiger partial charge < -0.3 is 5.73 Å². The minimum atomic E-state index is -0.362. The van der Waals surface area contributed by atoms with Crippen LogP contribution in [-0.2, 0) is 4.79 Å². The van der Waals surface area contributed by atoms with Crippen LogP contribution in [0.4, 0.5) is 10.5 Å². The van der Waals surface area contributed by atoms with Crippen LogP contribution in [0.2, 0.25) is 0 Å². The molecule has 2 amide bonds. The Balaban J connectivity index is 2.46. The molecule has 5 heteroatoms. The van der Waals surface area contributed by atoms with E-state index in [2.05, 4.69) is 5.32 Å². The van der Waals surface area contributed by atoms with E-state index in [1.165, 1.54) is 0 Å². The molecule has 1 aromatic rings. The molecule has 0 bridgehead atoms. The van der Waals surface area contributed by atoms with Gasteiger partial charge in [-0.25, -0.2) is 0 Å². The predicted molar refractivity (Wildman–Crippen MR) is 74.7 cm³/mol.